The van der Waals surface area contributed by atoms with Gasteiger partial charge in [-0.3, -0.25) is 9.69 Å². The fourth-order valence-electron chi connectivity index (χ4n) is 3.90. The molecular formula is C23H26N2O2S. The number of rotatable bonds is 9. The van der Waals surface area contributed by atoms with Crippen molar-refractivity contribution in [3.05, 3.63) is 82.4 Å². The predicted octanol–water partition coefficient (Wildman–Crippen LogP) is 4.58. The fourth-order valence-corrected chi connectivity index (χ4v) is 4.65. The summed E-state index contributed by atoms with van der Waals surface area (Å²) in [4.78, 5) is 16.1. The molecule has 5 heteroatoms. The maximum atomic E-state index is 12.7. The van der Waals surface area contributed by atoms with Crippen molar-refractivity contribution in [3.8, 4) is 0 Å². The average molecular weight is 395 g/mol. The van der Waals surface area contributed by atoms with Gasteiger partial charge in [-0.2, -0.15) is 0 Å². The second-order valence-electron chi connectivity index (χ2n) is 7.58. The summed E-state index contributed by atoms with van der Waals surface area (Å²) in [5.74, 6) is 0.953. The van der Waals surface area contributed by atoms with Crippen molar-refractivity contribution in [3.63, 3.8) is 0 Å². The molecule has 3 aromatic rings. The highest BCUT2D eigenvalue weighted by Gasteiger charge is 2.38. The third-order valence-electron chi connectivity index (χ3n) is 5.61. The van der Waals surface area contributed by atoms with Crippen LogP contribution in [-0.2, 0) is 23.3 Å². The lowest BCUT2D eigenvalue weighted by molar-refractivity contribution is -0.123. The molecule has 2 heterocycles. The predicted molar refractivity (Wildman–Crippen MR) is 112 cm³/mol. The van der Waals surface area contributed by atoms with Crippen LogP contribution >= 0.6 is 11.3 Å². The summed E-state index contributed by atoms with van der Waals surface area (Å²) in [7, 11) is 0. The number of hydrogen-bond acceptors (Lipinski definition) is 4. The number of nitrogens with one attached hydrogen (secondary N) is 1. The lowest BCUT2D eigenvalue weighted by Crippen LogP contribution is -2.47. The summed E-state index contributed by atoms with van der Waals surface area (Å²) in [6.07, 6.45) is 5.19. The standard InChI is InChI=1S/C23H26N2O2S/c26-22(24-18-23(11-6-12-23)19-7-2-1-3-8-19)17-25(15-20-9-4-13-27-20)16-21-10-5-14-28-21/h1-5,7-10,13-14H,6,11-12,15-18H2,(H,24,26). The first-order valence-electron chi connectivity index (χ1n) is 9.83. The molecule has 2 aromatic heterocycles. The quantitative estimate of drug-likeness (QED) is 0.578. The van der Waals surface area contributed by atoms with E-state index < -0.39 is 0 Å². The van der Waals surface area contributed by atoms with Crippen LogP contribution < -0.4 is 5.32 Å². The van der Waals surface area contributed by atoms with Gasteiger partial charge in [0, 0.05) is 23.4 Å². The third kappa shape index (κ3) is 4.54. The molecule has 0 atom stereocenters. The van der Waals surface area contributed by atoms with Crippen LogP contribution in [0.1, 0.15) is 35.5 Å². The maximum absolute atomic E-state index is 12.7. The van der Waals surface area contributed by atoms with E-state index in [1.807, 2.05) is 24.3 Å². The van der Waals surface area contributed by atoms with Crippen LogP contribution in [0.4, 0.5) is 0 Å². The van der Waals surface area contributed by atoms with E-state index in [-0.39, 0.29) is 11.3 Å². The van der Waals surface area contributed by atoms with Gasteiger partial charge in [0.25, 0.3) is 0 Å². The molecule has 1 aliphatic rings. The van der Waals surface area contributed by atoms with Crippen LogP contribution in [0.3, 0.4) is 0 Å². The van der Waals surface area contributed by atoms with Gasteiger partial charge in [-0.25, -0.2) is 0 Å². The number of benzene rings is 1. The number of thiophene rings is 1. The average Bonchev–Trinajstić information content (AvgIpc) is 3.36. The summed E-state index contributed by atoms with van der Waals surface area (Å²) in [6, 6.07) is 18.6. The van der Waals surface area contributed by atoms with E-state index in [1.165, 1.54) is 16.9 Å². The van der Waals surface area contributed by atoms with Gasteiger partial charge < -0.3 is 9.73 Å². The Balaban J connectivity index is 1.37. The minimum absolute atomic E-state index is 0.0744. The van der Waals surface area contributed by atoms with Gasteiger partial charge in [-0.05, 0) is 42.0 Å². The number of hydrogen-bond donors (Lipinski definition) is 1. The van der Waals surface area contributed by atoms with Crippen LogP contribution in [0, 0.1) is 0 Å². The Morgan fingerprint density at radius 2 is 1.93 bits per heavy atom. The zero-order valence-electron chi connectivity index (χ0n) is 16.0. The molecule has 1 aliphatic carbocycles. The number of carbonyl (C=O) groups excluding carboxylic acids is 1. The van der Waals surface area contributed by atoms with Crippen molar-refractivity contribution in [1.82, 2.24) is 10.2 Å². The summed E-state index contributed by atoms with van der Waals surface area (Å²) < 4.78 is 5.49. The summed E-state index contributed by atoms with van der Waals surface area (Å²) in [6.45, 7) is 2.45. The van der Waals surface area contributed by atoms with Gasteiger partial charge in [-0.15, -0.1) is 11.3 Å². The molecule has 1 saturated carbocycles. The molecule has 28 heavy (non-hydrogen) atoms. The topological polar surface area (TPSA) is 45.5 Å². The number of furan rings is 1. The fraction of sp³-hybridized carbons (Fsp3) is 0.348. The molecule has 0 bridgehead atoms. The highest BCUT2D eigenvalue weighted by Crippen LogP contribution is 2.43. The van der Waals surface area contributed by atoms with Gasteiger partial charge in [0.15, 0.2) is 0 Å². The van der Waals surface area contributed by atoms with Gasteiger partial charge in [-0.1, -0.05) is 42.8 Å². The van der Waals surface area contributed by atoms with Crippen LogP contribution in [-0.4, -0.2) is 23.9 Å². The summed E-state index contributed by atoms with van der Waals surface area (Å²) in [5.41, 5.74) is 1.45. The molecule has 0 radical (unpaired) electrons. The monoisotopic (exact) mass is 394 g/mol. The molecule has 0 spiro atoms. The Bertz CT molecular complexity index is 819. The smallest absolute Gasteiger partial charge is 0.234 e. The van der Waals surface area contributed by atoms with Crippen LogP contribution in [0.25, 0.3) is 0 Å². The Morgan fingerprint density at radius 1 is 1.07 bits per heavy atom. The maximum Gasteiger partial charge on any atom is 0.234 e. The molecule has 0 aliphatic heterocycles. The van der Waals surface area contributed by atoms with Crippen molar-refractivity contribution >= 4 is 17.2 Å². The van der Waals surface area contributed by atoms with Gasteiger partial charge >= 0.3 is 0 Å². The molecule has 1 N–H and O–H groups in total. The minimum atomic E-state index is 0.0744. The Kier molecular flexibility index (Phi) is 5.93. The Hall–Kier alpha value is -2.37. The van der Waals surface area contributed by atoms with Gasteiger partial charge in [0.2, 0.25) is 5.91 Å². The number of nitrogens with zero attached hydrogens (tertiary/aromatic N) is 1. The van der Waals surface area contributed by atoms with Gasteiger partial charge in [0.05, 0.1) is 19.4 Å². The number of amides is 1. The second-order valence-corrected chi connectivity index (χ2v) is 8.61. The normalized spacial score (nSPS) is 15.3. The molecule has 4 rings (SSSR count). The van der Waals surface area contributed by atoms with Crippen LogP contribution in [0.5, 0.6) is 0 Å². The minimum Gasteiger partial charge on any atom is -0.468 e. The van der Waals surface area contributed by atoms with E-state index in [1.54, 1.807) is 17.6 Å². The van der Waals surface area contributed by atoms with Crippen LogP contribution in [0.2, 0.25) is 0 Å². The first-order valence-corrected chi connectivity index (χ1v) is 10.7. The molecule has 1 aromatic carbocycles. The van der Waals surface area contributed by atoms with E-state index >= 15 is 0 Å². The van der Waals surface area contributed by atoms with E-state index in [0.29, 0.717) is 19.6 Å². The highest BCUT2D eigenvalue weighted by atomic mass is 32.1. The summed E-state index contributed by atoms with van der Waals surface area (Å²) >= 11 is 1.71. The van der Waals surface area contributed by atoms with E-state index in [0.717, 1.165) is 25.1 Å². The zero-order chi connectivity index (χ0) is 19.2. The molecule has 1 amide bonds. The van der Waals surface area contributed by atoms with Crippen LogP contribution in [0.15, 0.2) is 70.7 Å². The Morgan fingerprint density at radius 3 is 2.57 bits per heavy atom. The van der Waals surface area contributed by atoms with E-state index in [4.69, 9.17) is 4.42 Å². The SMILES string of the molecule is O=C(CN(Cc1ccco1)Cc1cccs1)NCC1(c2ccccc2)CCC1. The van der Waals surface area contributed by atoms with Crippen molar-refractivity contribution in [2.45, 2.75) is 37.8 Å². The van der Waals surface area contributed by atoms with Crippen molar-refractivity contribution < 1.29 is 9.21 Å². The van der Waals surface area contributed by atoms with E-state index in [2.05, 4.69) is 45.9 Å². The second kappa shape index (κ2) is 8.76. The Labute approximate surface area is 170 Å². The lowest BCUT2D eigenvalue weighted by Gasteiger charge is -2.42. The largest absolute Gasteiger partial charge is 0.468 e. The molecule has 0 unspecified atom stereocenters. The summed E-state index contributed by atoms with van der Waals surface area (Å²) in [5, 5.41) is 5.28. The first kappa shape index (κ1) is 19.0. The zero-order valence-corrected chi connectivity index (χ0v) is 16.8. The van der Waals surface area contributed by atoms with Gasteiger partial charge in [0.1, 0.15) is 5.76 Å². The molecule has 1 fully saturated rings. The molecular weight excluding hydrogens is 368 g/mol. The van der Waals surface area contributed by atoms with Crippen molar-refractivity contribution in [2.75, 3.05) is 13.1 Å². The van der Waals surface area contributed by atoms with Crippen molar-refractivity contribution in [1.29, 1.82) is 0 Å². The third-order valence-corrected chi connectivity index (χ3v) is 6.47. The molecule has 0 saturated heterocycles. The molecule has 146 valence electrons. The number of carbonyl (C=O) groups is 1. The van der Waals surface area contributed by atoms with E-state index in [9.17, 15) is 4.79 Å². The van der Waals surface area contributed by atoms with Crippen molar-refractivity contribution in [2.24, 2.45) is 0 Å². The highest BCUT2D eigenvalue weighted by molar-refractivity contribution is 7.09. The first-order chi connectivity index (χ1) is 13.7. The molecule has 4 nitrogen and oxygen atoms in total. The lowest BCUT2D eigenvalue weighted by atomic mass is 9.64.